The number of aromatic nitrogens is 3. The van der Waals surface area contributed by atoms with Crippen LogP contribution in [0.5, 0.6) is 0 Å². The largest absolute Gasteiger partial charge is 0.278 e. The number of nitrogens with zero attached hydrogens (tertiary/aromatic N) is 2. The van der Waals surface area contributed by atoms with Crippen LogP contribution in [0.25, 0.3) is 22.0 Å². The Balaban J connectivity index is 0.00000120. The average Bonchev–Trinajstić information content (AvgIpc) is 2.86. The Labute approximate surface area is 101 Å². The lowest BCUT2D eigenvalue weighted by Crippen LogP contribution is -1.86. The monoisotopic (exact) mass is 225 g/mol. The first-order valence-corrected chi connectivity index (χ1v) is 5.75. The molecule has 0 radical (unpaired) electrons. The summed E-state index contributed by atoms with van der Waals surface area (Å²) in [5, 5.41) is 8.10. The second kappa shape index (κ2) is 4.01. The molecule has 0 spiro atoms. The van der Waals surface area contributed by atoms with Gasteiger partial charge in [-0.1, -0.05) is 19.1 Å². The zero-order chi connectivity index (χ0) is 11.7. The highest BCUT2D eigenvalue weighted by Gasteiger charge is 2.01. The third-order valence-corrected chi connectivity index (χ3v) is 2.96. The zero-order valence-electron chi connectivity index (χ0n) is 9.64. The Morgan fingerprint density at radius 3 is 2.76 bits per heavy atom. The van der Waals surface area contributed by atoms with E-state index in [1.54, 1.807) is 0 Å². The van der Waals surface area contributed by atoms with Crippen molar-refractivity contribution in [3.63, 3.8) is 0 Å². The van der Waals surface area contributed by atoms with E-state index in [0.717, 1.165) is 28.6 Å². The molecule has 0 saturated heterocycles. The van der Waals surface area contributed by atoms with Gasteiger partial charge in [-0.2, -0.15) is 5.10 Å². The number of aromatic amines is 1. The fourth-order valence-corrected chi connectivity index (χ4v) is 1.93. The molecular formula is C14H15N3. The Kier molecular flexibility index (Phi) is 2.37. The number of nitrogens with one attached hydrogen (secondary N) is 1. The molecule has 3 rings (SSSR count). The summed E-state index contributed by atoms with van der Waals surface area (Å²) in [6.45, 7) is 2.11. The topological polar surface area (TPSA) is 41.6 Å². The van der Waals surface area contributed by atoms with Crippen LogP contribution in [-0.4, -0.2) is 15.2 Å². The SMILES string of the molecule is CCc1ccc(-c2ccc3[nH]ncc3c2)cn1.[HH]. The van der Waals surface area contributed by atoms with Gasteiger partial charge >= 0.3 is 0 Å². The van der Waals surface area contributed by atoms with Crippen LogP contribution in [0, 0.1) is 0 Å². The van der Waals surface area contributed by atoms with E-state index in [2.05, 4.69) is 46.4 Å². The van der Waals surface area contributed by atoms with Crippen LogP contribution in [-0.2, 0) is 6.42 Å². The Hall–Kier alpha value is -2.16. The van der Waals surface area contributed by atoms with Crippen molar-refractivity contribution >= 4 is 10.9 Å². The molecule has 0 saturated carbocycles. The molecule has 1 aromatic carbocycles. The molecule has 2 aromatic heterocycles. The molecule has 86 valence electrons. The minimum Gasteiger partial charge on any atom is -0.278 e. The van der Waals surface area contributed by atoms with Crippen molar-refractivity contribution in [1.82, 2.24) is 15.2 Å². The molecule has 0 unspecified atom stereocenters. The summed E-state index contributed by atoms with van der Waals surface area (Å²) in [4.78, 5) is 4.42. The van der Waals surface area contributed by atoms with Crippen molar-refractivity contribution in [2.24, 2.45) is 0 Å². The first-order valence-electron chi connectivity index (χ1n) is 5.75. The highest BCUT2D eigenvalue weighted by Crippen LogP contribution is 2.22. The number of hydrogen-bond acceptors (Lipinski definition) is 2. The fourth-order valence-electron chi connectivity index (χ4n) is 1.93. The summed E-state index contributed by atoms with van der Waals surface area (Å²) in [5.74, 6) is 0. The number of pyridine rings is 1. The summed E-state index contributed by atoms with van der Waals surface area (Å²) in [5.41, 5.74) is 4.50. The molecular weight excluding hydrogens is 210 g/mol. The van der Waals surface area contributed by atoms with E-state index < -0.39 is 0 Å². The van der Waals surface area contributed by atoms with Gasteiger partial charge in [-0.3, -0.25) is 10.1 Å². The van der Waals surface area contributed by atoms with Gasteiger partial charge in [-0.15, -0.1) is 0 Å². The molecule has 0 aliphatic rings. The van der Waals surface area contributed by atoms with Crippen LogP contribution >= 0.6 is 0 Å². The van der Waals surface area contributed by atoms with Gasteiger partial charge in [0.25, 0.3) is 0 Å². The minimum atomic E-state index is 0. The van der Waals surface area contributed by atoms with Gasteiger partial charge < -0.3 is 0 Å². The molecule has 3 nitrogen and oxygen atoms in total. The van der Waals surface area contributed by atoms with Crippen molar-refractivity contribution in [1.29, 1.82) is 0 Å². The fraction of sp³-hybridized carbons (Fsp3) is 0.143. The number of aryl methyl sites for hydroxylation is 1. The number of fused-ring (bicyclic) bond motifs is 1. The normalized spacial score (nSPS) is 10.9. The first-order chi connectivity index (χ1) is 8.36. The third-order valence-electron chi connectivity index (χ3n) is 2.96. The van der Waals surface area contributed by atoms with E-state index in [0.29, 0.717) is 0 Å². The van der Waals surface area contributed by atoms with E-state index in [1.807, 2.05) is 18.5 Å². The second-order valence-electron chi connectivity index (χ2n) is 4.06. The highest BCUT2D eigenvalue weighted by atomic mass is 15.1. The molecule has 2 heterocycles. The predicted octanol–water partition coefficient (Wildman–Crippen LogP) is 3.43. The van der Waals surface area contributed by atoms with Gasteiger partial charge in [0, 0.05) is 24.3 Å². The second-order valence-corrected chi connectivity index (χ2v) is 4.06. The molecule has 3 aromatic rings. The number of hydrogen-bond donors (Lipinski definition) is 1. The Morgan fingerprint density at radius 1 is 1.12 bits per heavy atom. The predicted molar refractivity (Wildman–Crippen MR) is 70.8 cm³/mol. The highest BCUT2D eigenvalue weighted by molar-refractivity contribution is 5.83. The molecule has 0 aliphatic carbocycles. The lowest BCUT2D eigenvalue weighted by Gasteiger charge is -2.02. The van der Waals surface area contributed by atoms with Crippen LogP contribution in [0.1, 0.15) is 14.0 Å². The van der Waals surface area contributed by atoms with Gasteiger partial charge in [0.15, 0.2) is 0 Å². The summed E-state index contributed by atoms with van der Waals surface area (Å²) in [6.07, 6.45) is 4.74. The summed E-state index contributed by atoms with van der Waals surface area (Å²) < 4.78 is 0. The van der Waals surface area contributed by atoms with E-state index in [4.69, 9.17) is 0 Å². The number of rotatable bonds is 2. The smallest absolute Gasteiger partial charge is 0.0650 e. The van der Waals surface area contributed by atoms with Crippen molar-refractivity contribution in [2.45, 2.75) is 13.3 Å². The maximum absolute atomic E-state index is 4.42. The molecule has 3 heteroatoms. The number of H-pyrrole nitrogens is 1. The van der Waals surface area contributed by atoms with E-state index in [1.165, 1.54) is 5.56 Å². The maximum Gasteiger partial charge on any atom is 0.0650 e. The molecule has 0 bridgehead atoms. The summed E-state index contributed by atoms with van der Waals surface area (Å²) in [7, 11) is 0. The lowest BCUT2D eigenvalue weighted by atomic mass is 10.1. The van der Waals surface area contributed by atoms with Crippen LogP contribution < -0.4 is 0 Å². The van der Waals surface area contributed by atoms with Crippen molar-refractivity contribution < 1.29 is 1.43 Å². The van der Waals surface area contributed by atoms with Gasteiger partial charge in [0.1, 0.15) is 0 Å². The maximum atomic E-state index is 4.42. The Morgan fingerprint density at radius 2 is 2.00 bits per heavy atom. The van der Waals surface area contributed by atoms with E-state index in [-0.39, 0.29) is 1.43 Å². The first kappa shape index (κ1) is 10.0. The molecule has 0 fully saturated rings. The van der Waals surface area contributed by atoms with Crippen LogP contribution in [0.4, 0.5) is 0 Å². The molecule has 0 amide bonds. The summed E-state index contributed by atoms with van der Waals surface area (Å²) in [6, 6.07) is 10.5. The Bertz CT molecular complexity index is 643. The minimum absolute atomic E-state index is 0. The average molecular weight is 225 g/mol. The third kappa shape index (κ3) is 1.80. The molecule has 17 heavy (non-hydrogen) atoms. The standard InChI is InChI=1S/C14H13N3.H2/c1-2-13-5-3-11(8-15-13)10-4-6-14-12(7-10)9-16-17-14;/h3-9H,2H2,1H3,(H,16,17);1H. The van der Waals surface area contributed by atoms with Crippen molar-refractivity contribution in [3.8, 4) is 11.1 Å². The van der Waals surface area contributed by atoms with Gasteiger partial charge in [0.05, 0.1) is 11.7 Å². The number of benzene rings is 1. The molecule has 0 aliphatic heterocycles. The van der Waals surface area contributed by atoms with Gasteiger partial charge in [-0.25, -0.2) is 0 Å². The molecule has 1 N–H and O–H groups in total. The van der Waals surface area contributed by atoms with Crippen LogP contribution in [0.2, 0.25) is 0 Å². The van der Waals surface area contributed by atoms with E-state index >= 15 is 0 Å². The van der Waals surface area contributed by atoms with Crippen molar-refractivity contribution in [2.75, 3.05) is 0 Å². The van der Waals surface area contributed by atoms with Crippen LogP contribution in [0.15, 0.2) is 42.7 Å². The van der Waals surface area contributed by atoms with Crippen LogP contribution in [0.3, 0.4) is 0 Å². The van der Waals surface area contributed by atoms with Gasteiger partial charge in [0.2, 0.25) is 0 Å². The van der Waals surface area contributed by atoms with E-state index in [9.17, 15) is 0 Å². The summed E-state index contributed by atoms with van der Waals surface area (Å²) >= 11 is 0. The lowest BCUT2D eigenvalue weighted by molar-refractivity contribution is 1.04. The zero-order valence-corrected chi connectivity index (χ0v) is 9.64. The quantitative estimate of drug-likeness (QED) is 0.726. The van der Waals surface area contributed by atoms with Crippen molar-refractivity contribution in [3.05, 3.63) is 48.4 Å². The molecule has 0 atom stereocenters. The van der Waals surface area contributed by atoms with Gasteiger partial charge in [-0.05, 0) is 30.2 Å².